The van der Waals surface area contributed by atoms with Gasteiger partial charge in [-0.3, -0.25) is 10.1 Å². The summed E-state index contributed by atoms with van der Waals surface area (Å²) >= 11 is 0. The maximum atomic E-state index is 12.0. The third-order valence-electron chi connectivity index (χ3n) is 4.83. The minimum atomic E-state index is -0.130. The number of fused-ring (bicyclic) bond motifs is 2. The van der Waals surface area contributed by atoms with E-state index in [1.54, 1.807) is 6.20 Å². The van der Waals surface area contributed by atoms with Gasteiger partial charge in [-0.15, -0.1) is 0 Å². The number of carbonyl (C=O) groups excluding carboxylic acids is 1. The number of hydrogen-bond acceptors (Lipinski definition) is 5. The van der Waals surface area contributed by atoms with Crippen LogP contribution in [0.4, 0.5) is 5.69 Å². The number of nitrogens with one attached hydrogen (secondary N) is 1. The average Bonchev–Trinajstić information content (AvgIpc) is 3.26. The lowest BCUT2D eigenvalue weighted by Crippen LogP contribution is -2.36. The predicted molar refractivity (Wildman–Crippen MR) is 98.3 cm³/mol. The maximum Gasteiger partial charge on any atom is 0.249 e. The van der Waals surface area contributed by atoms with E-state index in [4.69, 9.17) is 4.74 Å². The van der Waals surface area contributed by atoms with Crippen molar-refractivity contribution in [2.45, 2.75) is 45.3 Å². The lowest BCUT2D eigenvalue weighted by Gasteiger charge is -2.27. The van der Waals surface area contributed by atoms with E-state index in [9.17, 15) is 4.79 Å². The number of carbonyl (C=O) groups is 1. The highest BCUT2D eigenvalue weighted by Gasteiger charge is 2.37. The number of guanidine groups is 1. The van der Waals surface area contributed by atoms with E-state index in [-0.39, 0.29) is 11.9 Å². The molecule has 1 unspecified atom stereocenters. The van der Waals surface area contributed by atoms with E-state index in [1.807, 2.05) is 42.5 Å². The van der Waals surface area contributed by atoms with Gasteiger partial charge in [-0.25, -0.2) is 9.98 Å². The molecule has 1 aromatic carbocycles. The molecule has 0 radical (unpaired) electrons. The summed E-state index contributed by atoms with van der Waals surface area (Å²) in [6, 6.07) is 5.82. The van der Waals surface area contributed by atoms with Gasteiger partial charge in [0.15, 0.2) is 0 Å². The normalized spacial score (nSPS) is 18.2. The first-order valence-electron chi connectivity index (χ1n) is 9.12. The first-order chi connectivity index (χ1) is 12.7. The van der Waals surface area contributed by atoms with Crippen LogP contribution in [0, 0.1) is 0 Å². The number of amides is 1. The first kappa shape index (κ1) is 16.6. The zero-order chi connectivity index (χ0) is 17.9. The molecular weight excluding hydrogens is 330 g/mol. The molecule has 0 spiro atoms. The van der Waals surface area contributed by atoms with E-state index >= 15 is 0 Å². The molecule has 0 aliphatic carbocycles. The molecule has 3 heterocycles. The summed E-state index contributed by atoms with van der Waals surface area (Å²) in [6.07, 6.45) is 8.41. The van der Waals surface area contributed by atoms with Crippen molar-refractivity contribution in [3.05, 3.63) is 42.5 Å². The average molecular weight is 353 g/mol. The van der Waals surface area contributed by atoms with Crippen LogP contribution in [0.25, 0.3) is 0 Å². The van der Waals surface area contributed by atoms with Crippen molar-refractivity contribution in [2.75, 3.05) is 6.61 Å². The molecule has 2 aliphatic heterocycles. The van der Waals surface area contributed by atoms with Gasteiger partial charge in [0.2, 0.25) is 11.9 Å². The van der Waals surface area contributed by atoms with Crippen molar-refractivity contribution in [2.24, 2.45) is 4.99 Å². The topological polar surface area (TPSA) is 71.7 Å². The van der Waals surface area contributed by atoms with Crippen molar-refractivity contribution in [3.63, 3.8) is 0 Å². The number of aromatic nitrogens is 2. The number of aliphatic imine (C=N–C) groups is 1. The molecule has 2 aromatic rings. The van der Waals surface area contributed by atoms with Crippen LogP contribution in [0.3, 0.4) is 0 Å². The summed E-state index contributed by atoms with van der Waals surface area (Å²) in [7, 11) is 0. The minimum Gasteiger partial charge on any atom is -0.494 e. The van der Waals surface area contributed by atoms with Crippen molar-refractivity contribution in [1.82, 2.24) is 19.8 Å². The van der Waals surface area contributed by atoms with Crippen molar-refractivity contribution in [3.8, 4) is 5.75 Å². The zero-order valence-electron chi connectivity index (χ0n) is 14.9. The SMILES string of the molecule is CCC1C(=O)NC2=Nc3ccc(OCCCCn4ccnc4)cc3CN21. The van der Waals surface area contributed by atoms with Crippen LogP contribution in [-0.4, -0.2) is 39.0 Å². The number of nitrogens with zero attached hydrogens (tertiary/aromatic N) is 4. The molecule has 0 bridgehead atoms. The molecule has 2 aliphatic rings. The molecule has 136 valence electrons. The fourth-order valence-corrected chi connectivity index (χ4v) is 3.43. The van der Waals surface area contributed by atoms with Crippen LogP contribution in [-0.2, 0) is 17.9 Å². The quantitative estimate of drug-likeness (QED) is 0.776. The largest absolute Gasteiger partial charge is 0.494 e. The highest BCUT2D eigenvalue weighted by Crippen LogP contribution is 2.32. The molecule has 7 nitrogen and oxygen atoms in total. The Balaban J connectivity index is 1.34. The van der Waals surface area contributed by atoms with E-state index in [2.05, 4.69) is 19.9 Å². The number of benzene rings is 1. The summed E-state index contributed by atoms with van der Waals surface area (Å²) in [6.45, 7) is 4.35. The summed E-state index contributed by atoms with van der Waals surface area (Å²) < 4.78 is 7.98. The smallest absolute Gasteiger partial charge is 0.249 e. The summed E-state index contributed by atoms with van der Waals surface area (Å²) in [5, 5.41) is 2.87. The Morgan fingerprint density at radius 1 is 1.35 bits per heavy atom. The molecule has 26 heavy (non-hydrogen) atoms. The molecule has 0 saturated carbocycles. The van der Waals surface area contributed by atoms with Crippen molar-refractivity contribution < 1.29 is 9.53 Å². The number of hydrogen-bond donors (Lipinski definition) is 1. The van der Waals surface area contributed by atoms with E-state index < -0.39 is 0 Å². The Morgan fingerprint density at radius 3 is 3.08 bits per heavy atom. The fourth-order valence-electron chi connectivity index (χ4n) is 3.43. The predicted octanol–water partition coefficient (Wildman–Crippen LogP) is 2.45. The third-order valence-corrected chi connectivity index (χ3v) is 4.83. The van der Waals surface area contributed by atoms with E-state index in [1.165, 1.54) is 0 Å². The standard InChI is InChI=1S/C19H23N5O2/c1-2-17-18(25)22-19-21-16-6-5-15(11-14(16)12-24(17)19)26-10-4-3-8-23-9-7-20-13-23/h5-7,9,11,13,17H,2-4,8,10,12H2,1H3,(H,21,22,25). The second kappa shape index (κ2) is 7.19. The van der Waals surface area contributed by atoms with Gasteiger partial charge in [0, 0.05) is 31.0 Å². The fraction of sp³-hybridized carbons (Fsp3) is 0.421. The number of aryl methyl sites for hydroxylation is 1. The van der Waals surface area contributed by atoms with Gasteiger partial charge in [-0.2, -0.15) is 0 Å². The van der Waals surface area contributed by atoms with Crippen LogP contribution >= 0.6 is 0 Å². The Labute approximate surface area is 152 Å². The summed E-state index contributed by atoms with van der Waals surface area (Å²) in [5.74, 6) is 1.56. The van der Waals surface area contributed by atoms with Crippen LogP contribution in [0.2, 0.25) is 0 Å². The van der Waals surface area contributed by atoms with Gasteiger partial charge in [0.25, 0.3) is 0 Å². The van der Waals surface area contributed by atoms with Crippen molar-refractivity contribution >= 4 is 17.6 Å². The van der Waals surface area contributed by atoms with Gasteiger partial charge < -0.3 is 14.2 Å². The Bertz CT molecular complexity index is 815. The summed E-state index contributed by atoms with van der Waals surface area (Å²) in [5.41, 5.74) is 2.00. The maximum absolute atomic E-state index is 12.0. The van der Waals surface area contributed by atoms with E-state index in [0.29, 0.717) is 19.1 Å². The highest BCUT2D eigenvalue weighted by molar-refractivity contribution is 6.07. The number of imidazole rings is 1. The van der Waals surface area contributed by atoms with Crippen LogP contribution in [0.5, 0.6) is 5.75 Å². The monoisotopic (exact) mass is 353 g/mol. The Hall–Kier alpha value is -2.83. The Morgan fingerprint density at radius 2 is 2.27 bits per heavy atom. The van der Waals surface area contributed by atoms with Gasteiger partial charge in [-0.1, -0.05) is 6.92 Å². The highest BCUT2D eigenvalue weighted by atomic mass is 16.5. The molecule has 1 N–H and O–H groups in total. The molecule has 7 heteroatoms. The second-order valence-corrected chi connectivity index (χ2v) is 6.62. The molecule has 1 saturated heterocycles. The first-order valence-corrected chi connectivity index (χ1v) is 9.12. The van der Waals surface area contributed by atoms with Gasteiger partial charge in [0.1, 0.15) is 11.8 Å². The molecular formula is C19H23N5O2. The molecule has 1 amide bonds. The minimum absolute atomic E-state index is 0.0356. The molecule has 1 fully saturated rings. The molecule has 1 atom stereocenters. The van der Waals surface area contributed by atoms with Crippen LogP contribution in [0.15, 0.2) is 41.9 Å². The van der Waals surface area contributed by atoms with Gasteiger partial charge >= 0.3 is 0 Å². The number of unbranched alkanes of at least 4 members (excludes halogenated alkanes) is 1. The van der Waals surface area contributed by atoms with Gasteiger partial charge in [0.05, 0.1) is 18.6 Å². The van der Waals surface area contributed by atoms with E-state index in [0.717, 1.165) is 42.8 Å². The lowest BCUT2D eigenvalue weighted by molar-refractivity contribution is -0.121. The lowest BCUT2D eigenvalue weighted by atomic mass is 10.1. The van der Waals surface area contributed by atoms with Crippen molar-refractivity contribution in [1.29, 1.82) is 0 Å². The molecule has 1 aromatic heterocycles. The Kier molecular flexibility index (Phi) is 4.60. The number of ether oxygens (including phenoxy) is 1. The third kappa shape index (κ3) is 3.29. The molecule has 4 rings (SSSR count). The zero-order valence-corrected chi connectivity index (χ0v) is 14.9. The summed E-state index contributed by atoms with van der Waals surface area (Å²) in [4.78, 5) is 22.7. The van der Waals surface area contributed by atoms with Crippen LogP contribution in [0.1, 0.15) is 31.7 Å². The van der Waals surface area contributed by atoms with Gasteiger partial charge in [-0.05, 0) is 37.5 Å². The van der Waals surface area contributed by atoms with Crippen LogP contribution < -0.4 is 10.1 Å². The second-order valence-electron chi connectivity index (χ2n) is 6.62. The number of rotatable bonds is 7.